The fourth-order valence-corrected chi connectivity index (χ4v) is 2.00. The topological polar surface area (TPSA) is 77.5 Å². The van der Waals surface area contributed by atoms with E-state index in [2.05, 4.69) is 15.4 Å². The van der Waals surface area contributed by atoms with Gasteiger partial charge in [0.25, 0.3) is 0 Å². The van der Waals surface area contributed by atoms with Gasteiger partial charge in [0.1, 0.15) is 5.75 Å². The first-order valence-electron chi connectivity index (χ1n) is 6.24. The number of rotatable bonds is 4. The molecule has 0 unspecified atom stereocenters. The van der Waals surface area contributed by atoms with Crippen LogP contribution in [0.2, 0.25) is 0 Å². The van der Waals surface area contributed by atoms with Gasteiger partial charge in [-0.25, -0.2) is 4.52 Å². The van der Waals surface area contributed by atoms with Gasteiger partial charge in [-0.15, -0.1) is 5.10 Å². The average molecular weight is 269 g/mol. The van der Waals surface area contributed by atoms with E-state index in [-0.39, 0.29) is 5.95 Å². The maximum absolute atomic E-state index is 5.61. The number of nitrogens with two attached hydrogens (primary N) is 1. The Morgan fingerprint density at radius 3 is 2.80 bits per heavy atom. The van der Waals surface area contributed by atoms with Gasteiger partial charge in [0.05, 0.1) is 12.8 Å². The molecule has 6 heteroatoms. The van der Waals surface area contributed by atoms with Crippen LogP contribution in [-0.4, -0.2) is 21.7 Å². The minimum Gasteiger partial charge on any atom is -0.497 e. The van der Waals surface area contributed by atoms with E-state index in [0.29, 0.717) is 6.54 Å². The summed E-state index contributed by atoms with van der Waals surface area (Å²) < 4.78 is 6.79. The van der Waals surface area contributed by atoms with Crippen LogP contribution in [-0.2, 0) is 6.54 Å². The highest BCUT2D eigenvalue weighted by Gasteiger charge is 2.05. The summed E-state index contributed by atoms with van der Waals surface area (Å²) in [4.78, 5) is 4.20. The first-order chi connectivity index (χ1) is 9.76. The van der Waals surface area contributed by atoms with Gasteiger partial charge in [-0.1, -0.05) is 12.1 Å². The highest BCUT2D eigenvalue weighted by atomic mass is 16.5. The Hall–Kier alpha value is -2.76. The molecule has 3 aromatic rings. The van der Waals surface area contributed by atoms with E-state index in [1.807, 2.05) is 42.6 Å². The first kappa shape index (κ1) is 12.3. The van der Waals surface area contributed by atoms with Crippen molar-refractivity contribution in [2.24, 2.45) is 0 Å². The van der Waals surface area contributed by atoms with Gasteiger partial charge in [0.15, 0.2) is 5.65 Å². The number of hydrogen-bond acceptors (Lipinski definition) is 5. The first-order valence-corrected chi connectivity index (χ1v) is 6.24. The molecule has 0 saturated carbocycles. The molecule has 0 aliphatic rings. The lowest BCUT2D eigenvalue weighted by Gasteiger charge is -2.07. The molecule has 0 saturated heterocycles. The third-order valence-electron chi connectivity index (χ3n) is 3.02. The summed E-state index contributed by atoms with van der Waals surface area (Å²) in [6.07, 6.45) is 1.82. The Balaban J connectivity index is 1.79. The van der Waals surface area contributed by atoms with Gasteiger partial charge in [-0.2, -0.15) is 4.98 Å². The quantitative estimate of drug-likeness (QED) is 0.756. The molecular weight excluding hydrogens is 254 g/mol. The molecule has 2 aromatic heterocycles. The zero-order chi connectivity index (χ0) is 13.9. The SMILES string of the molecule is COc1ccc(CNc2cccn3nc(N)nc23)cc1. The second kappa shape index (κ2) is 5.08. The molecule has 0 radical (unpaired) electrons. The Bertz CT molecular complexity index is 720. The smallest absolute Gasteiger partial charge is 0.240 e. The molecule has 3 rings (SSSR count). The molecule has 0 atom stereocenters. The summed E-state index contributed by atoms with van der Waals surface area (Å²) in [5.41, 5.74) is 8.38. The van der Waals surface area contributed by atoms with E-state index in [1.54, 1.807) is 11.6 Å². The Morgan fingerprint density at radius 2 is 2.05 bits per heavy atom. The molecule has 0 amide bonds. The van der Waals surface area contributed by atoms with E-state index in [0.717, 1.165) is 22.6 Å². The zero-order valence-corrected chi connectivity index (χ0v) is 11.1. The van der Waals surface area contributed by atoms with Gasteiger partial charge in [0, 0.05) is 12.7 Å². The Labute approximate surface area is 116 Å². The molecule has 3 N–H and O–H groups in total. The lowest BCUT2D eigenvalue weighted by atomic mass is 10.2. The lowest BCUT2D eigenvalue weighted by molar-refractivity contribution is 0.414. The van der Waals surface area contributed by atoms with Crippen LogP contribution in [0.5, 0.6) is 5.75 Å². The van der Waals surface area contributed by atoms with Crippen molar-refractivity contribution < 1.29 is 4.74 Å². The largest absolute Gasteiger partial charge is 0.497 e. The molecule has 6 nitrogen and oxygen atoms in total. The number of nitrogen functional groups attached to an aromatic ring is 1. The normalized spacial score (nSPS) is 10.7. The lowest BCUT2D eigenvalue weighted by Crippen LogP contribution is -2.01. The number of nitrogens with one attached hydrogen (secondary N) is 1. The van der Waals surface area contributed by atoms with Crippen LogP contribution in [0.15, 0.2) is 42.6 Å². The van der Waals surface area contributed by atoms with Crippen molar-refractivity contribution in [3.63, 3.8) is 0 Å². The average Bonchev–Trinajstić information content (AvgIpc) is 2.86. The number of hydrogen-bond donors (Lipinski definition) is 2. The highest BCUT2D eigenvalue weighted by molar-refractivity contribution is 5.68. The Morgan fingerprint density at radius 1 is 1.25 bits per heavy atom. The van der Waals surface area contributed by atoms with Crippen molar-refractivity contribution in [1.29, 1.82) is 0 Å². The van der Waals surface area contributed by atoms with E-state index in [4.69, 9.17) is 10.5 Å². The molecule has 102 valence electrons. The van der Waals surface area contributed by atoms with Gasteiger partial charge in [-0.05, 0) is 29.8 Å². The molecule has 20 heavy (non-hydrogen) atoms. The minimum atomic E-state index is 0.267. The molecule has 0 fully saturated rings. The fourth-order valence-electron chi connectivity index (χ4n) is 2.00. The van der Waals surface area contributed by atoms with E-state index < -0.39 is 0 Å². The second-order valence-electron chi connectivity index (χ2n) is 4.36. The number of nitrogens with zero attached hydrogens (tertiary/aromatic N) is 3. The van der Waals surface area contributed by atoms with Gasteiger partial charge >= 0.3 is 0 Å². The van der Waals surface area contributed by atoms with Crippen molar-refractivity contribution >= 4 is 17.3 Å². The summed E-state index contributed by atoms with van der Waals surface area (Å²) in [6.45, 7) is 0.691. The van der Waals surface area contributed by atoms with E-state index in [1.165, 1.54) is 0 Å². The summed E-state index contributed by atoms with van der Waals surface area (Å²) in [5, 5.41) is 7.41. The monoisotopic (exact) mass is 269 g/mol. The summed E-state index contributed by atoms with van der Waals surface area (Å²) >= 11 is 0. The van der Waals surface area contributed by atoms with Crippen LogP contribution >= 0.6 is 0 Å². The number of pyridine rings is 1. The minimum absolute atomic E-state index is 0.267. The number of fused-ring (bicyclic) bond motifs is 1. The van der Waals surface area contributed by atoms with Crippen LogP contribution in [0.4, 0.5) is 11.6 Å². The number of benzene rings is 1. The maximum Gasteiger partial charge on any atom is 0.240 e. The molecule has 0 aliphatic heterocycles. The van der Waals surface area contributed by atoms with Crippen molar-refractivity contribution in [3.05, 3.63) is 48.2 Å². The number of ether oxygens (including phenoxy) is 1. The van der Waals surface area contributed by atoms with Crippen molar-refractivity contribution in [1.82, 2.24) is 14.6 Å². The predicted octanol–water partition coefficient (Wildman–Crippen LogP) is 1.93. The zero-order valence-electron chi connectivity index (χ0n) is 11.1. The van der Waals surface area contributed by atoms with E-state index in [9.17, 15) is 0 Å². The molecule has 0 aliphatic carbocycles. The molecule has 0 bridgehead atoms. The Kier molecular flexibility index (Phi) is 3.12. The number of anilines is 2. The third-order valence-corrected chi connectivity index (χ3v) is 3.02. The number of methoxy groups -OCH3 is 1. The molecule has 1 aromatic carbocycles. The molecular formula is C14H15N5O. The van der Waals surface area contributed by atoms with Crippen molar-refractivity contribution in [2.75, 3.05) is 18.2 Å². The fraction of sp³-hybridized carbons (Fsp3) is 0.143. The van der Waals surface area contributed by atoms with Crippen molar-refractivity contribution in [3.8, 4) is 5.75 Å². The van der Waals surface area contributed by atoms with Gasteiger partial charge in [0.2, 0.25) is 5.95 Å². The van der Waals surface area contributed by atoms with Crippen LogP contribution in [0.1, 0.15) is 5.56 Å². The van der Waals surface area contributed by atoms with Crippen LogP contribution < -0.4 is 15.8 Å². The summed E-state index contributed by atoms with van der Waals surface area (Å²) in [7, 11) is 1.66. The van der Waals surface area contributed by atoms with Crippen molar-refractivity contribution in [2.45, 2.75) is 6.54 Å². The van der Waals surface area contributed by atoms with Crippen LogP contribution in [0.25, 0.3) is 5.65 Å². The molecule has 2 heterocycles. The summed E-state index contributed by atoms with van der Waals surface area (Å²) in [5.74, 6) is 1.12. The van der Waals surface area contributed by atoms with Gasteiger partial charge < -0.3 is 15.8 Å². The van der Waals surface area contributed by atoms with E-state index >= 15 is 0 Å². The summed E-state index contributed by atoms with van der Waals surface area (Å²) in [6, 6.07) is 11.8. The third kappa shape index (κ3) is 2.35. The second-order valence-corrected chi connectivity index (χ2v) is 4.36. The highest BCUT2D eigenvalue weighted by Crippen LogP contribution is 2.17. The standard InChI is InChI=1S/C14H15N5O/c1-20-11-6-4-10(5-7-11)9-16-12-3-2-8-19-13(12)17-14(15)18-19/h2-8,16H,9H2,1H3,(H2,15,18). The predicted molar refractivity (Wildman–Crippen MR) is 77.7 cm³/mol. The molecule has 0 spiro atoms. The van der Waals surface area contributed by atoms with Crippen LogP contribution in [0, 0.1) is 0 Å². The maximum atomic E-state index is 5.61. The van der Waals surface area contributed by atoms with Crippen LogP contribution in [0.3, 0.4) is 0 Å². The van der Waals surface area contributed by atoms with Gasteiger partial charge in [-0.3, -0.25) is 0 Å². The number of aromatic nitrogens is 3.